The van der Waals surface area contributed by atoms with Crippen LogP contribution in [0.4, 0.5) is 0 Å². The second-order valence-electron chi connectivity index (χ2n) is 4.46. The molecule has 1 N–H and O–H groups in total. The van der Waals surface area contributed by atoms with Crippen LogP contribution < -0.4 is 5.32 Å². The van der Waals surface area contributed by atoms with Gasteiger partial charge in [-0.25, -0.2) is 0 Å². The summed E-state index contributed by atoms with van der Waals surface area (Å²) >= 11 is 3.45. The van der Waals surface area contributed by atoms with E-state index in [2.05, 4.69) is 21.2 Å². The summed E-state index contributed by atoms with van der Waals surface area (Å²) in [6, 6.07) is 17.5. The number of alkyl halides is 1. The molecule has 0 aliphatic rings. The molecule has 2 aromatic rings. The zero-order chi connectivity index (χ0) is 13.7. The van der Waals surface area contributed by atoms with Crippen molar-refractivity contribution in [2.45, 2.75) is 13.0 Å². The molecular formula is C16H16BrNO. The van der Waals surface area contributed by atoms with Gasteiger partial charge in [-0.3, -0.25) is 4.79 Å². The zero-order valence-electron chi connectivity index (χ0n) is 10.8. The summed E-state index contributed by atoms with van der Waals surface area (Å²) in [5, 5.41) is 3.73. The highest BCUT2D eigenvalue weighted by Gasteiger charge is 2.14. The number of amides is 1. The molecule has 2 rings (SSSR count). The van der Waals surface area contributed by atoms with Gasteiger partial charge in [0, 0.05) is 10.9 Å². The number of carbonyl (C=O) groups is 1. The van der Waals surface area contributed by atoms with Gasteiger partial charge < -0.3 is 5.32 Å². The Bertz CT molecular complexity index is 554. The molecular weight excluding hydrogens is 302 g/mol. The molecule has 1 amide bonds. The highest BCUT2D eigenvalue weighted by Crippen LogP contribution is 2.16. The molecule has 0 aliphatic heterocycles. The van der Waals surface area contributed by atoms with Crippen LogP contribution in [-0.2, 0) is 0 Å². The first-order valence-electron chi connectivity index (χ1n) is 6.19. The standard InChI is InChI=1S/C16H16BrNO/c1-12-6-5-9-14(10-12)16(19)18-15(11-17)13-7-3-2-4-8-13/h2-10,15H,11H2,1H3,(H,18,19). The van der Waals surface area contributed by atoms with Gasteiger partial charge in [0.25, 0.3) is 5.91 Å². The van der Waals surface area contributed by atoms with Gasteiger partial charge in [-0.05, 0) is 24.6 Å². The lowest BCUT2D eigenvalue weighted by Gasteiger charge is -2.16. The normalized spacial score (nSPS) is 11.9. The van der Waals surface area contributed by atoms with Gasteiger partial charge in [-0.1, -0.05) is 64.0 Å². The molecule has 1 unspecified atom stereocenters. The molecule has 3 heteroatoms. The third-order valence-electron chi connectivity index (χ3n) is 2.94. The second-order valence-corrected chi connectivity index (χ2v) is 5.11. The Balaban J connectivity index is 2.13. The van der Waals surface area contributed by atoms with Crippen molar-refractivity contribution in [3.8, 4) is 0 Å². The van der Waals surface area contributed by atoms with E-state index in [-0.39, 0.29) is 11.9 Å². The van der Waals surface area contributed by atoms with Crippen molar-refractivity contribution in [3.05, 3.63) is 71.3 Å². The van der Waals surface area contributed by atoms with E-state index in [0.29, 0.717) is 10.9 Å². The first-order chi connectivity index (χ1) is 9.20. The fourth-order valence-electron chi connectivity index (χ4n) is 1.92. The maximum Gasteiger partial charge on any atom is 0.251 e. The SMILES string of the molecule is Cc1cccc(C(=O)NC(CBr)c2ccccc2)c1. The van der Waals surface area contributed by atoms with Crippen LogP contribution in [0.5, 0.6) is 0 Å². The van der Waals surface area contributed by atoms with Crippen LogP contribution in [-0.4, -0.2) is 11.2 Å². The Labute approximate surface area is 122 Å². The molecule has 0 heterocycles. The number of aryl methyl sites for hydroxylation is 1. The van der Waals surface area contributed by atoms with Crippen molar-refractivity contribution in [2.24, 2.45) is 0 Å². The van der Waals surface area contributed by atoms with Gasteiger partial charge in [0.2, 0.25) is 0 Å². The lowest BCUT2D eigenvalue weighted by Crippen LogP contribution is -2.29. The Hall–Kier alpha value is -1.61. The molecule has 2 aromatic carbocycles. The molecule has 0 spiro atoms. The molecule has 0 fully saturated rings. The molecule has 0 bridgehead atoms. The third kappa shape index (κ3) is 3.67. The Morgan fingerprint density at radius 2 is 1.89 bits per heavy atom. The number of hydrogen-bond acceptors (Lipinski definition) is 1. The van der Waals surface area contributed by atoms with Gasteiger partial charge in [0.1, 0.15) is 0 Å². The van der Waals surface area contributed by atoms with Gasteiger partial charge in [-0.15, -0.1) is 0 Å². The predicted molar refractivity (Wildman–Crippen MR) is 81.6 cm³/mol. The van der Waals surface area contributed by atoms with Crippen molar-refractivity contribution in [3.63, 3.8) is 0 Å². The molecule has 0 aromatic heterocycles. The molecule has 0 radical (unpaired) electrons. The van der Waals surface area contributed by atoms with E-state index in [9.17, 15) is 4.79 Å². The van der Waals surface area contributed by atoms with Crippen molar-refractivity contribution in [1.82, 2.24) is 5.32 Å². The highest BCUT2D eigenvalue weighted by atomic mass is 79.9. The van der Waals surface area contributed by atoms with E-state index in [1.54, 1.807) is 0 Å². The summed E-state index contributed by atoms with van der Waals surface area (Å²) in [5.74, 6) is -0.0444. The minimum atomic E-state index is -0.0444. The van der Waals surface area contributed by atoms with Crippen LogP contribution in [0.3, 0.4) is 0 Å². The van der Waals surface area contributed by atoms with Crippen LogP contribution in [0.1, 0.15) is 27.5 Å². The fraction of sp³-hybridized carbons (Fsp3) is 0.188. The number of carbonyl (C=O) groups excluding carboxylic acids is 1. The molecule has 2 nitrogen and oxygen atoms in total. The minimum Gasteiger partial charge on any atom is -0.344 e. The van der Waals surface area contributed by atoms with Gasteiger partial charge in [0.05, 0.1) is 6.04 Å². The molecule has 0 saturated heterocycles. The maximum absolute atomic E-state index is 12.2. The Morgan fingerprint density at radius 3 is 2.53 bits per heavy atom. The molecule has 0 aliphatic carbocycles. The number of hydrogen-bond donors (Lipinski definition) is 1. The Kier molecular flexibility index (Phi) is 4.74. The minimum absolute atomic E-state index is 0.0192. The fourth-order valence-corrected chi connectivity index (χ4v) is 2.46. The van der Waals surface area contributed by atoms with Gasteiger partial charge in [-0.2, -0.15) is 0 Å². The number of rotatable bonds is 4. The average Bonchev–Trinajstić information content (AvgIpc) is 2.45. The summed E-state index contributed by atoms with van der Waals surface area (Å²) < 4.78 is 0. The van der Waals surface area contributed by atoms with E-state index >= 15 is 0 Å². The first kappa shape index (κ1) is 13.8. The average molecular weight is 318 g/mol. The summed E-state index contributed by atoms with van der Waals surface area (Å²) in [6.07, 6.45) is 0. The summed E-state index contributed by atoms with van der Waals surface area (Å²) in [4.78, 5) is 12.2. The largest absolute Gasteiger partial charge is 0.344 e. The van der Waals surface area contributed by atoms with Crippen molar-refractivity contribution in [1.29, 1.82) is 0 Å². The first-order valence-corrected chi connectivity index (χ1v) is 7.31. The molecule has 98 valence electrons. The molecule has 1 atom stereocenters. The number of nitrogens with one attached hydrogen (secondary N) is 1. The summed E-state index contributed by atoms with van der Waals surface area (Å²) in [5.41, 5.74) is 2.88. The van der Waals surface area contributed by atoms with Crippen molar-refractivity contribution in [2.75, 3.05) is 5.33 Å². The van der Waals surface area contributed by atoms with E-state index in [1.165, 1.54) is 0 Å². The number of benzene rings is 2. The smallest absolute Gasteiger partial charge is 0.251 e. The second kappa shape index (κ2) is 6.53. The van der Waals surface area contributed by atoms with Gasteiger partial charge >= 0.3 is 0 Å². The highest BCUT2D eigenvalue weighted by molar-refractivity contribution is 9.09. The quantitative estimate of drug-likeness (QED) is 0.852. The summed E-state index contributed by atoms with van der Waals surface area (Å²) in [6.45, 7) is 1.98. The van der Waals surface area contributed by atoms with Crippen molar-refractivity contribution >= 4 is 21.8 Å². The lowest BCUT2D eigenvalue weighted by molar-refractivity contribution is 0.0940. The Morgan fingerprint density at radius 1 is 1.16 bits per heavy atom. The molecule has 0 saturated carbocycles. The summed E-state index contributed by atoms with van der Waals surface area (Å²) in [7, 11) is 0. The third-order valence-corrected chi connectivity index (χ3v) is 3.59. The zero-order valence-corrected chi connectivity index (χ0v) is 12.4. The topological polar surface area (TPSA) is 29.1 Å². The van der Waals surface area contributed by atoms with Gasteiger partial charge in [0.15, 0.2) is 0 Å². The monoisotopic (exact) mass is 317 g/mol. The van der Waals surface area contributed by atoms with Crippen LogP contribution in [0.25, 0.3) is 0 Å². The maximum atomic E-state index is 12.2. The van der Waals surface area contributed by atoms with Crippen LogP contribution in [0.2, 0.25) is 0 Å². The van der Waals surface area contributed by atoms with E-state index in [4.69, 9.17) is 0 Å². The van der Waals surface area contributed by atoms with E-state index in [1.807, 2.05) is 61.5 Å². The van der Waals surface area contributed by atoms with E-state index in [0.717, 1.165) is 11.1 Å². The van der Waals surface area contributed by atoms with Crippen LogP contribution in [0, 0.1) is 6.92 Å². The van der Waals surface area contributed by atoms with Crippen LogP contribution in [0.15, 0.2) is 54.6 Å². The number of halogens is 1. The van der Waals surface area contributed by atoms with E-state index < -0.39 is 0 Å². The predicted octanol–water partition coefficient (Wildman–Crippen LogP) is 3.86. The lowest BCUT2D eigenvalue weighted by atomic mass is 10.1. The molecule has 19 heavy (non-hydrogen) atoms. The van der Waals surface area contributed by atoms with Crippen LogP contribution >= 0.6 is 15.9 Å². The van der Waals surface area contributed by atoms with Crippen molar-refractivity contribution < 1.29 is 4.79 Å².